The van der Waals surface area contributed by atoms with Crippen LogP contribution in [0.1, 0.15) is 94.6 Å². The van der Waals surface area contributed by atoms with Crippen molar-refractivity contribution in [2.75, 3.05) is 0 Å². The number of nitriles is 1. The van der Waals surface area contributed by atoms with Crippen molar-refractivity contribution in [2.45, 2.75) is 89.9 Å². The number of nitrogens with zero attached hydrogens (tertiary/aromatic N) is 1. The van der Waals surface area contributed by atoms with E-state index < -0.39 is 0 Å². The third-order valence-electron chi connectivity index (χ3n) is 8.10. The van der Waals surface area contributed by atoms with Crippen LogP contribution in [0.15, 0.2) is 48.5 Å². The molecule has 0 aromatic heterocycles. The lowest BCUT2D eigenvalue weighted by molar-refractivity contribution is -0.123. The number of aryl methyl sites for hydroxylation is 1. The fourth-order valence-corrected chi connectivity index (χ4v) is 5.96. The summed E-state index contributed by atoms with van der Waals surface area (Å²) >= 11 is 0. The van der Waals surface area contributed by atoms with E-state index in [4.69, 9.17) is 0 Å². The first-order chi connectivity index (χ1) is 15.6. The summed E-state index contributed by atoms with van der Waals surface area (Å²) in [6, 6.07) is 20.8. The van der Waals surface area contributed by atoms with E-state index in [1.54, 1.807) is 0 Å². The van der Waals surface area contributed by atoms with Gasteiger partial charge in [0.1, 0.15) is 5.78 Å². The van der Waals surface area contributed by atoms with E-state index in [0.29, 0.717) is 24.5 Å². The summed E-state index contributed by atoms with van der Waals surface area (Å²) in [6.45, 7) is 2.25. The third kappa shape index (κ3) is 5.15. The lowest BCUT2D eigenvalue weighted by atomic mass is 9.60. The number of hydrogen-bond donors (Lipinski definition) is 0. The first-order valence-electron chi connectivity index (χ1n) is 12.8. The lowest BCUT2D eigenvalue weighted by Crippen LogP contribution is -2.36. The normalized spacial score (nSPS) is 25.9. The van der Waals surface area contributed by atoms with E-state index in [2.05, 4.69) is 61.5 Å². The highest BCUT2D eigenvalue weighted by Gasteiger charge is 2.43. The Hall–Kier alpha value is -2.40. The summed E-state index contributed by atoms with van der Waals surface area (Å²) in [5.41, 5.74) is 5.12. The van der Waals surface area contributed by atoms with Crippen molar-refractivity contribution in [1.29, 1.82) is 5.26 Å². The quantitative estimate of drug-likeness (QED) is 0.420. The zero-order valence-electron chi connectivity index (χ0n) is 19.6. The molecule has 1 atom stereocenters. The molecule has 2 aliphatic rings. The van der Waals surface area contributed by atoms with E-state index in [-0.39, 0.29) is 11.3 Å². The SMILES string of the molecule is CCCCCc1ccc(-c2ccc([C@H]3CC[C@@](C#N)([C@@H]4CCCC(=O)C4)CC3)cc2)cc1. The van der Waals surface area contributed by atoms with Crippen LogP contribution in [0.5, 0.6) is 0 Å². The Morgan fingerprint density at radius 3 is 2.19 bits per heavy atom. The molecule has 0 unspecified atom stereocenters. The van der Waals surface area contributed by atoms with Gasteiger partial charge < -0.3 is 0 Å². The second kappa shape index (κ2) is 10.5. The molecule has 2 saturated carbocycles. The molecule has 168 valence electrons. The Morgan fingerprint density at radius 2 is 1.59 bits per heavy atom. The summed E-state index contributed by atoms with van der Waals surface area (Å²) in [6.07, 6.45) is 12.4. The molecule has 2 aromatic rings. The Bertz CT molecular complexity index is 926. The van der Waals surface area contributed by atoms with Gasteiger partial charge in [0.25, 0.3) is 0 Å². The molecule has 2 heteroatoms. The van der Waals surface area contributed by atoms with Gasteiger partial charge in [-0.05, 0) is 85.5 Å². The van der Waals surface area contributed by atoms with Gasteiger partial charge in [-0.1, -0.05) is 68.3 Å². The average Bonchev–Trinajstić information content (AvgIpc) is 2.85. The number of rotatable bonds is 7. The van der Waals surface area contributed by atoms with Gasteiger partial charge in [0, 0.05) is 12.8 Å². The van der Waals surface area contributed by atoms with Gasteiger partial charge in [-0.25, -0.2) is 0 Å². The van der Waals surface area contributed by atoms with Crippen LogP contribution in [-0.4, -0.2) is 5.78 Å². The van der Waals surface area contributed by atoms with Crippen molar-refractivity contribution >= 4 is 5.78 Å². The minimum atomic E-state index is -0.272. The topological polar surface area (TPSA) is 40.9 Å². The zero-order valence-corrected chi connectivity index (χ0v) is 19.6. The van der Waals surface area contributed by atoms with Gasteiger partial charge in [-0.2, -0.15) is 5.26 Å². The first-order valence-corrected chi connectivity index (χ1v) is 12.8. The molecular formula is C30H37NO. The predicted octanol–water partition coefficient (Wildman–Crippen LogP) is 8.01. The standard InChI is InChI=1S/C30H37NO/c1-2-3-4-6-23-9-11-24(12-10-23)25-13-15-26(16-14-25)27-17-19-30(22-31,20-18-27)28-7-5-8-29(32)21-28/h9-16,27-28H,2-8,17-21H2,1H3/t27-,28-,30+/m1/s1. The molecule has 0 saturated heterocycles. The molecule has 0 amide bonds. The maximum absolute atomic E-state index is 12.0. The summed E-state index contributed by atoms with van der Waals surface area (Å²) in [5, 5.41) is 10.0. The minimum Gasteiger partial charge on any atom is -0.300 e. The number of Topliss-reactive ketones (excluding diaryl/α,β-unsaturated/α-hetero) is 1. The highest BCUT2D eigenvalue weighted by atomic mass is 16.1. The highest BCUT2D eigenvalue weighted by Crippen LogP contribution is 2.50. The van der Waals surface area contributed by atoms with Gasteiger partial charge in [0.15, 0.2) is 0 Å². The molecule has 2 aromatic carbocycles. The molecule has 2 aliphatic carbocycles. The number of hydrogen-bond acceptors (Lipinski definition) is 2. The first kappa shape index (κ1) is 22.8. The molecule has 2 nitrogen and oxygen atoms in total. The fraction of sp³-hybridized carbons (Fsp3) is 0.533. The van der Waals surface area contributed by atoms with Crippen LogP contribution in [-0.2, 0) is 11.2 Å². The fourth-order valence-electron chi connectivity index (χ4n) is 5.96. The van der Waals surface area contributed by atoms with Crippen LogP contribution in [0.2, 0.25) is 0 Å². The summed E-state index contributed by atoms with van der Waals surface area (Å²) < 4.78 is 0. The van der Waals surface area contributed by atoms with Gasteiger partial charge >= 0.3 is 0 Å². The summed E-state index contributed by atoms with van der Waals surface area (Å²) in [5.74, 6) is 1.18. The van der Waals surface area contributed by atoms with Gasteiger partial charge in [0.2, 0.25) is 0 Å². The number of unbranched alkanes of at least 4 members (excludes halogenated alkanes) is 2. The van der Waals surface area contributed by atoms with Crippen LogP contribution in [0.4, 0.5) is 0 Å². The molecule has 32 heavy (non-hydrogen) atoms. The van der Waals surface area contributed by atoms with Crippen LogP contribution < -0.4 is 0 Å². The molecule has 0 aliphatic heterocycles. The number of carbonyl (C=O) groups excluding carboxylic acids is 1. The largest absolute Gasteiger partial charge is 0.300 e. The minimum absolute atomic E-state index is 0.272. The van der Waals surface area contributed by atoms with Gasteiger partial charge in [-0.15, -0.1) is 0 Å². The Labute approximate surface area is 194 Å². The summed E-state index contributed by atoms with van der Waals surface area (Å²) in [4.78, 5) is 12.0. The summed E-state index contributed by atoms with van der Waals surface area (Å²) in [7, 11) is 0. The Balaban J connectivity index is 1.37. The molecule has 0 spiro atoms. The van der Waals surface area contributed by atoms with Crippen LogP contribution in [0, 0.1) is 22.7 Å². The third-order valence-corrected chi connectivity index (χ3v) is 8.10. The number of benzene rings is 2. The number of ketones is 1. The second-order valence-electron chi connectivity index (χ2n) is 10.2. The Kier molecular flexibility index (Phi) is 7.46. The molecule has 0 N–H and O–H groups in total. The van der Waals surface area contributed by atoms with Crippen LogP contribution in [0.25, 0.3) is 11.1 Å². The van der Waals surface area contributed by atoms with E-state index in [1.165, 1.54) is 47.9 Å². The maximum Gasteiger partial charge on any atom is 0.133 e. The molecule has 4 rings (SSSR count). The van der Waals surface area contributed by atoms with E-state index in [1.807, 2.05) is 0 Å². The van der Waals surface area contributed by atoms with Gasteiger partial charge in [0.05, 0.1) is 11.5 Å². The van der Waals surface area contributed by atoms with Crippen LogP contribution in [0.3, 0.4) is 0 Å². The van der Waals surface area contributed by atoms with Crippen molar-refractivity contribution in [3.63, 3.8) is 0 Å². The predicted molar refractivity (Wildman–Crippen MR) is 131 cm³/mol. The van der Waals surface area contributed by atoms with E-state index >= 15 is 0 Å². The van der Waals surface area contributed by atoms with E-state index in [0.717, 1.165) is 38.5 Å². The van der Waals surface area contributed by atoms with Crippen molar-refractivity contribution in [3.8, 4) is 17.2 Å². The Morgan fingerprint density at radius 1 is 0.938 bits per heavy atom. The van der Waals surface area contributed by atoms with E-state index in [9.17, 15) is 10.1 Å². The number of carbonyl (C=O) groups is 1. The maximum atomic E-state index is 12.0. The van der Waals surface area contributed by atoms with Gasteiger partial charge in [-0.3, -0.25) is 4.79 Å². The molecule has 0 radical (unpaired) electrons. The molecule has 0 heterocycles. The smallest absolute Gasteiger partial charge is 0.133 e. The van der Waals surface area contributed by atoms with Crippen molar-refractivity contribution in [3.05, 3.63) is 59.7 Å². The average molecular weight is 428 g/mol. The molecule has 0 bridgehead atoms. The van der Waals surface area contributed by atoms with Crippen molar-refractivity contribution in [1.82, 2.24) is 0 Å². The lowest BCUT2D eigenvalue weighted by Gasteiger charge is -2.42. The van der Waals surface area contributed by atoms with Crippen molar-refractivity contribution in [2.24, 2.45) is 11.3 Å². The monoisotopic (exact) mass is 427 g/mol. The molecular weight excluding hydrogens is 390 g/mol. The second-order valence-corrected chi connectivity index (χ2v) is 10.2. The highest BCUT2D eigenvalue weighted by molar-refractivity contribution is 5.79. The molecule has 2 fully saturated rings. The van der Waals surface area contributed by atoms with Crippen molar-refractivity contribution < 1.29 is 4.79 Å². The van der Waals surface area contributed by atoms with Crippen LogP contribution >= 0.6 is 0 Å². The zero-order chi connectivity index (χ0) is 22.4.